The number of nitrogens with one attached hydrogen (secondary N) is 2. The van der Waals surface area contributed by atoms with Crippen molar-refractivity contribution in [2.45, 2.75) is 27.7 Å². The zero-order chi connectivity index (χ0) is 24.0. The molecule has 1 aliphatic carbocycles. The minimum absolute atomic E-state index is 0.150. The van der Waals surface area contributed by atoms with E-state index >= 15 is 0 Å². The first-order valence-electron chi connectivity index (χ1n) is 11.9. The van der Waals surface area contributed by atoms with E-state index in [4.69, 9.17) is 0 Å². The van der Waals surface area contributed by atoms with Gasteiger partial charge in [0.1, 0.15) is 0 Å². The van der Waals surface area contributed by atoms with Crippen LogP contribution in [0, 0.1) is 5.21 Å². The highest BCUT2D eigenvalue weighted by molar-refractivity contribution is 6.31. The number of hydrogen-bond donors (Lipinski definition) is 2. The van der Waals surface area contributed by atoms with Crippen LogP contribution in [0.3, 0.4) is 0 Å². The molecule has 8 nitrogen and oxygen atoms in total. The first-order valence-corrected chi connectivity index (χ1v) is 11.9. The Kier molecular flexibility index (Phi) is 8.41. The van der Waals surface area contributed by atoms with Gasteiger partial charge in [-0.15, -0.1) is 0 Å². The molecule has 33 heavy (non-hydrogen) atoms. The molecule has 0 bridgehead atoms. The fourth-order valence-electron chi connectivity index (χ4n) is 4.27. The summed E-state index contributed by atoms with van der Waals surface area (Å²) in [5.74, 6) is -0.541. The molecule has 178 valence electrons. The summed E-state index contributed by atoms with van der Waals surface area (Å²) in [4.78, 5) is 31.5. The van der Waals surface area contributed by atoms with Gasteiger partial charge in [-0.05, 0) is 38.3 Å². The molecule has 3 rings (SSSR count). The molecule has 2 N–H and O–H groups in total. The Labute approximate surface area is 196 Å². The Morgan fingerprint density at radius 1 is 0.758 bits per heavy atom. The van der Waals surface area contributed by atoms with Crippen LogP contribution in [0.4, 0.5) is 11.4 Å². The largest absolute Gasteiger partial charge is 0.619 e. The monoisotopic (exact) mass is 453 g/mol. The minimum atomic E-state index is -0.303. The maximum absolute atomic E-state index is 13.5. The Morgan fingerprint density at radius 3 is 1.67 bits per heavy atom. The van der Waals surface area contributed by atoms with Crippen LogP contribution in [0.25, 0.3) is 0 Å². The molecule has 1 heterocycles. The second-order valence-corrected chi connectivity index (χ2v) is 8.11. The van der Waals surface area contributed by atoms with Crippen molar-refractivity contribution in [3.63, 3.8) is 0 Å². The number of aromatic nitrogens is 1. The molecule has 1 aliphatic rings. The smallest absolute Gasteiger partial charge is 0.202 e. The van der Waals surface area contributed by atoms with E-state index in [1.54, 1.807) is 0 Å². The van der Waals surface area contributed by atoms with E-state index in [-0.39, 0.29) is 22.7 Å². The van der Waals surface area contributed by atoms with Gasteiger partial charge in [-0.25, -0.2) is 0 Å². The SMILES string of the molecule is CCN(CC)CCNc1ccc(NCCN(CC)CC)c2c1C(=O)c1cc[n+]([O-])cc1C2=O. The summed E-state index contributed by atoms with van der Waals surface area (Å²) in [6.07, 6.45) is 2.45. The maximum Gasteiger partial charge on any atom is 0.202 e. The third-order valence-electron chi connectivity index (χ3n) is 6.36. The molecule has 0 spiro atoms. The van der Waals surface area contributed by atoms with E-state index in [1.807, 2.05) is 12.1 Å². The lowest BCUT2D eigenvalue weighted by Crippen LogP contribution is -2.33. The summed E-state index contributed by atoms with van der Waals surface area (Å²) in [6, 6.07) is 5.16. The van der Waals surface area contributed by atoms with Gasteiger partial charge in [0.15, 0.2) is 18.2 Å². The summed E-state index contributed by atoms with van der Waals surface area (Å²) < 4.78 is 0.564. The molecule has 8 heteroatoms. The number of carbonyl (C=O) groups is 2. The summed E-state index contributed by atoms with van der Waals surface area (Å²) in [5, 5.41) is 18.6. The van der Waals surface area contributed by atoms with Crippen LogP contribution < -0.4 is 15.4 Å². The van der Waals surface area contributed by atoms with Gasteiger partial charge in [-0.3, -0.25) is 9.59 Å². The van der Waals surface area contributed by atoms with Gasteiger partial charge in [0, 0.05) is 49.2 Å². The predicted octanol–water partition coefficient (Wildman–Crippen LogP) is 2.60. The molecule has 2 aromatic rings. The summed E-state index contributed by atoms with van der Waals surface area (Å²) >= 11 is 0. The molecule has 1 aromatic carbocycles. The van der Waals surface area contributed by atoms with E-state index < -0.39 is 0 Å². The molecule has 0 saturated carbocycles. The first kappa shape index (κ1) is 24.7. The zero-order valence-corrected chi connectivity index (χ0v) is 20.1. The van der Waals surface area contributed by atoms with Crippen molar-refractivity contribution >= 4 is 22.9 Å². The highest BCUT2D eigenvalue weighted by atomic mass is 16.5. The zero-order valence-electron chi connectivity index (χ0n) is 20.1. The van der Waals surface area contributed by atoms with Gasteiger partial charge in [0.2, 0.25) is 5.78 Å². The van der Waals surface area contributed by atoms with Crippen LogP contribution in [-0.2, 0) is 0 Å². The predicted molar refractivity (Wildman–Crippen MR) is 131 cm³/mol. The Balaban J connectivity index is 1.95. The van der Waals surface area contributed by atoms with Gasteiger partial charge < -0.3 is 25.6 Å². The Bertz CT molecular complexity index is 1000. The summed E-state index contributed by atoms with van der Waals surface area (Å²) in [7, 11) is 0. The molecule has 0 fully saturated rings. The minimum Gasteiger partial charge on any atom is -0.619 e. The molecular formula is C25H35N5O3. The number of benzene rings is 1. The molecular weight excluding hydrogens is 418 g/mol. The van der Waals surface area contributed by atoms with E-state index in [0.29, 0.717) is 40.3 Å². The number of ketones is 2. The van der Waals surface area contributed by atoms with E-state index in [2.05, 4.69) is 48.1 Å². The lowest BCUT2D eigenvalue weighted by Gasteiger charge is -2.25. The average molecular weight is 454 g/mol. The molecule has 1 aromatic heterocycles. The van der Waals surface area contributed by atoms with Gasteiger partial charge in [0.05, 0.1) is 16.7 Å². The molecule has 0 atom stereocenters. The van der Waals surface area contributed by atoms with Crippen LogP contribution in [0.1, 0.15) is 59.5 Å². The molecule has 0 unspecified atom stereocenters. The molecule has 0 radical (unpaired) electrons. The van der Waals surface area contributed by atoms with Crippen molar-refractivity contribution in [3.05, 3.63) is 58.1 Å². The molecule has 0 amide bonds. The standard InChI is InChI=1S/C25H35N5O3/c1-5-28(6-2)15-12-26-20-9-10-21(27-13-16-29(7-3)8-4)23-22(20)24(31)18-11-14-30(33)17-19(18)25(23)32/h9-11,14,17,26-27H,5-8,12-13,15-16H2,1-4H3. The lowest BCUT2D eigenvalue weighted by molar-refractivity contribution is -0.605. The van der Waals surface area contributed by atoms with Crippen molar-refractivity contribution in [2.24, 2.45) is 0 Å². The van der Waals surface area contributed by atoms with Crippen molar-refractivity contribution in [1.29, 1.82) is 0 Å². The van der Waals surface area contributed by atoms with Crippen molar-refractivity contribution < 1.29 is 14.3 Å². The van der Waals surface area contributed by atoms with Crippen LogP contribution in [0.5, 0.6) is 0 Å². The normalized spacial score (nSPS) is 12.8. The van der Waals surface area contributed by atoms with Gasteiger partial charge in [-0.1, -0.05) is 27.7 Å². The summed E-state index contributed by atoms with van der Waals surface area (Å²) in [5.41, 5.74) is 2.41. The number of anilines is 2. The number of nitrogens with zero attached hydrogens (tertiary/aromatic N) is 3. The van der Waals surface area contributed by atoms with Gasteiger partial charge in [0.25, 0.3) is 0 Å². The number of hydrogen-bond acceptors (Lipinski definition) is 7. The van der Waals surface area contributed by atoms with E-state index in [0.717, 1.165) is 39.3 Å². The van der Waals surface area contributed by atoms with Crippen LogP contribution in [-0.4, -0.2) is 73.7 Å². The van der Waals surface area contributed by atoms with Crippen LogP contribution in [0.2, 0.25) is 0 Å². The third-order valence-corrected chi connectivity index (χ3v) is 6.36. The number of fused-ring (bicyclic) bond motifs is 2. The topological polar surface area (TPSA) is 91.6 Å². The van der Waals surface area contributed by atoms with Crippen molar-refractivity contribution in [2.75, 3.05) is 63.0 Å². The number of rotatable bonds is 12. The second kappa shape index (κ2) is 11.2. The van der Waals surface area contributed by atoms with Gasteiger partial charge >= 0.3 is 0 Å². The first-order chi connectivity index (χ1) is 15.9. The molecule has 0 saturated heterocycles. The lowest BCUT2D eigenvalue weighted by atomic mass is 9.83. The Hall–Kier alpha value is -2.97. The summed E-state index contributed by atoms with van der Waals surface area (Å²) in [6.45, 7) is 15.2. The van der Waals surface area contributed by atoms with E-state index in [9.17, 15) is 14.8 Å². The fraction of sp³-hybridized carbons (Fsp3) is 0.480. The van der Waals surface area contributed by atoms with Crippen LogP contribution >= 0.6 is 0 Å². The third kappa shape index (κ3) is 5.34. The van der Waals surface area contributed by atoms with E-state index in [1.165, 1.54) is 18.5 Å². The number of likely N-dealkylation sites (N-methyl/N-ethyl adjacent to an activating group) is 2. The quantitative estimate of drug-likeness (QED) is 0.322. The maximum atomic E-state index is 13.5. The van der Waals surface area contributed by atoms with Gasteiger partial charge in [-0.2, -0.15) is 4.73 Å². The van der Waals surface area contributed by atoms with Crippen molar-refractivity contribution in [1.82, 2.24) is 9.80 Å². The molecule has 0 aliphatic heterocycles. The highest BCUT2D eigenvalue weighted by Gasteiger charge is 2.35. The number of carbonyl (C=O) groups excluding carboxylic acids is 2. The number of pyridine rings is 1. The van der Waals surface area contributed by atoms with Crippen molar-refractivity contribution in [3.8, 4) is 0 Å². The Morgan fingerprint density at radius 2 is 1.21 bits per heavy atom. The van der Waals surface area contributed by atoms with Crippen LogP contribution in [0.15, 0.2) is 30.6 Å². The highest BCUT2D eigenvalue weighted by Crippen LogP contribution is 2.36. The average Bonchev–Trinajstić information content (AvgIpc) is 2.83. The second-order valence-electron chi connectivity index (χ2n) is 8.11. The fourth-order valence-corrected chi connectivity index (χ4v) is 4.27.